The summed E-state index contributed by atoms with van der Waals surface area (Å²) in [5.74, 6) is -1.66. The fourth-order valence-electron chi connectivity index (χ4n) is 3.66. The third kappa shape index (κ3) is 4.26. The molecule has 6 nitrogen and oxygen atoms in total. The van der Waals surface area contributed by atoms with Gasteiger partial charge in [-0.2, -0.15) is 0 Å². The highest BCUT2D eigenvalue weighted by Gasteiger charge is 2.40. The van der Waals surface area contributed by atoms with Gasteiger partial charge in [-0.3, -0.25) is 9.59 Å². The first kappa shape index (κ1) is 21.2. The summed E-state index contributed by atoms with van der Waals surface area (Å²) >= 11 is 1.27. The van der Waals surface area contributed by atoms with E-state index in [4.69, 9.17) is 0 Å². The van der Waals surface area contributed by atoms with E-state index in [1.54, 1.807) is 11.8 Å². The molecule has 1 aliphatic rings. The summed E-state index contributed by atoms with van der Waals surface area (Å²) in [5, 5.41) is 13.7. The summed E-state index contributed by atoms with van der Waals surface area (Å²) in [6, 6.07) is 7.02. The van der Waals surface area contributed by atoms with Crippen molar-refractivity contribution in [3.63, 3.8) is 0 Å². The molecule has 1 aliphatic heterocycles. The molecule has 154 valence electrons. The maximum absolute atomic E-state index is 13.3. The molecule has 29 heavy (non-hydrogen) atoms. The summed E-state index contributed by atoms with van der Waals surface area (Å²) in [5.41, 5.74) is 2.51. The van der Waals surface area contributed by atoms with Crippen molar-refractivity contribution in [1.29, 1.82) is 0 Å². The van der Waals surface area contributed by atoms with E-state index in [1.165, 1.54) is 16.2 Å². The van der Waals surface area contributed by atoms with Crippen LogP contribution in [-0.4, -0.2) is 48.8 Å². The number of aryl methyl sites for hydroxylation is 3. The SMILES string of the molecule is Cc1ccc(C2C(C(=O)c3sc(C)nc3C)=C([O-])C(=O)N2CCC[NH+](C)C)cc1. The maximum atomic E-state index is 13.3. The largest absolute Gasteiger partial charge is 0.868 e. The summed E-state index contributed by atoms with van der Waals surface area (Å²) < 4.78 is 0. The summed E-state index contributed by atoms with van der Waals surface area (Å²) in [7, 11) is 4.09. The lowest BCUT2D eigenvalue weighted by molar-refractivity contribution is -0.858. The number of nitrogens with one attached hydrogen (secondary N) is 1. The van der Waals surface area contributed by atoms with Gasteiger partial charge in [-0.15, -0.1) is 11.3 Å². The van der Waals surface area contributed by atoms with E-state index in [-0.39, 0.29) is 11.4 Å². The van der Waals surface area contributed by atoms with E-state index >= 15 is 0 Å². The molecule has 7 heteroatoms. The standard InChI is InChI=1S/C22H27N3O3S/c1-13-7-9-16(10-8-13)18-17(19(26)21-14(2)23-15(3)29-21)20(27)22(28)25(18)12-6-11-24(4)5/h7-10,18,27H,6,11-12H2,1-5H3. The fourth-order valence-corrected chi connectivity index (χ4v) is 4.54. The van der Waals surface area contributed by atoms with E-state index in [0.29, 0.717) is 17.1 Å². The first-order chi connectivity index (χ1) is 13.7. The van der Waals surface area contributed by atoms with Crippen LogP contribution >= 0.6 is 11.3 Å². The topological polar surface area (TPSA) is 77.8 Å². The van der Waals surface area contributed by atoms with Crippen molar-refractivity contribution in [2.45, 2.75) is 33.2 Å². The first-order valence-electron chi connectivity index (χ1n) is 9.77. The minimum atomic E-state index is -0.691. The van der Waals surface area contributed by atoms with Gasteiger partial charge in [0.15, 0.2) is 0 Å². The predicted octanol–water partition coefficient (Wildman–Crippen LogP) is 0.984. The molecule has 1 amide bonds. The van der Waals surface area contributed by atoms with E-state index in [9.17, 15) is 14.7 Å². The zero-order chi connectivity index (χ0) is 21.3. The highest BCUT2D eigenvalue weighted by atomic mass is 32.1. The van der Waals surface area contributed by atoms with Gasteiger partial charge in [0.05, 0.1) is 42.3 Å². The molecule has 0 fully saturated rings. The Kier molecular flexibility index (Phi) is 6.19. The molecule has 0 aliphatic carbocycles. The average molecular weight is 414 g/mol. The number of rotatable bonds is 7. The number of hydrogen-bond acceptors (Lipinski definition) is 5. The molecule has 1 aromatic heterocycles. The van der Waals surface area contributed by atoms with Crippen LogP contribution < -0.4 is 10.0 Å². The van der Waals surface area contributed by atoms with Crippen LogP contribution in [0.15, 0.2) is 35.6 Å². The van der Waals surface area contributed by atoms with Gasteiger partial charge in [-0.1, -0.05) is 29.8 Å². The number of nitrogens with zero attached hydrogens (tertiary/aromatic N) is 2. The Morgan fingerprint density at radius 3 is 2.41 bits per heavy atom. The Labute approximate surface area is 175 Å². The quantitative estimate of drug-likeness (QED) is 0.687. The van der Waals surface area contributed by atoms with Gasteiger partial charge in [0.2, 0.25) is 11.7 Å². The van der Waals surface area contributed by atoms with Crippen molar-refractivity contribution < 1.29 is 19.6 Å². The van der Waals surface area contributed by atoms with Gasteiger partial charge in [0, 0.05) is 18.5 Å². The van der Waals surface area contributed by atoms with Crippen LogP contribution in [0.5, 0.6) is 0 Å². The lowest BCUT2D eigenvalue weighted by Gasteiger charge is -2.28. The van der Waals surface area contributed by atoms with Crippen molar-refractivity contribution in [3.8, 4) is 0 Å². The van der Waals surface area contributed by atoms with Crippen molar-refractivity contribution in [2.75, 3.05) is 27.2 Å². The molecular formula is C22H27N3O3S. The van der Waals surface area contributed by atoms with Gasteiger partial charge < -0.3 is 14.9 Å². The second-order valence-electron chi connectivity index (χ2n) is 7.84. The van der Waals surface area contributed by atoms with Crippen LogP contribution in [0, 0.1) is 20.8 Å². The second-order valence-corrected chi connectivity index (χ2v) is 9.04. The van der Waals surface area contributed by atoms with Gasteiger partial charge in [-0.25, -0.2) is 4.98 Å². The molecule has 1 aromatic carbocycles. The second kappa shape index (κ2) is 8.47. The third-order valence-electron chi connectivity index (χ3n) is 5.11. The Morgan fingerprint density at radius 2 is 1.86 bits per heavy atom. The summed E-state index contributed by atoms with van der Waals surface area (Å²) in [6.45, 7) is 6.87. The van der Waals surface area contributed by atoms with Crippen molar-refractivity contribution in [1.82, 2.24) is 9.88 Å². The third-order valence-corrected chi connectivity index (χ3v) is 6.18. The minimum absolute atomic E-state index is 0.0443. The number of ketones is 1. The molecule has 1 unspecified atom stereocenters. The van der Waals surface area contributed by atoms with Crippen molar-refractivity contribution in [3.05, 3.63) is 62.3 Å². The normalized spacial score (nSPS) is 17.0. The Balaban J connectivity index is 2.03. The number of Topliss-reactive ketones (excluding diaryl/α,β-unsaturated/α-hetero) is 1. The fraction of sp³-hybridized carbons (Fsp3) is 0.409. The highest BCUT2D eigenvalue weighted by molar-refractivity contribution is 7.14. The molecule has 1 N–H and O–H groups in total. The number of carbonyl (C=O) groups excluding carboxylic acids is 2. The average Bonchev–Trinajstić information content (AvgIpc) is 3.12. The predicted molar refractivity (Wildman–Crippen MR) is 111 cm³/mol. The number of amides is 1. The smallest absolute Gasteiger partial charge is 0.239 e. The van der Waals surface area contributed by atoms with Crippen LogP contribution in [0.4, 0.5) is 0 Å². The van der Waals surface area contributed by atoms with Crippen LogP contribution in [0.1, 0.15) is 44.0 Å². The molecule has 2 heterocycles. The van der Waals surface area contributed by atoms with E-state index in [2.05, 4.69) is 4.98 Å². The first-order valence-corrected chi connectivity index (χ1v) is 10.6. The Hall–Kier alpha value is -2.51. The zero-order valence-electron chi connectivity index (χ0n) is 17.5. The molecule has 1 atom stereocenters. The van der Waals surface area contributed by atoms with Gasteiger partial charge in [-0.05, 0) is 32.1 Å². The molecule has 0 saturated heterocycles. The summed E-state index contributed by atoms with van der Waals surface area (Å²) in [6.07, 6.45) is 0.754. The number of thiazole rings is 1. The van der Waals surface area contributed by atoms with Gasteiger partial charge in [0.1, 0.15) is 0 Å². The zero-order valence-corrected chi connectivity index (χ0v) is 18.4. The molecular weight excluding hydrogens is 386 g/mol. The molecule has 0 spiro atoms. The number of hydrogen-bond donors (Lipinski definition) is 1. The monoisotopic (exact) mass is 413 g/mol. The van der Waals surface area contributed by atoms with Crippen LogP contribution in [0.3, 0.4) is 0 Å². The molecule has 0 bridgehead atoms. The van der Waals surface area contributed by atoms with E-state index < -0.39 is 17.7 Å². The summed E-state index contributed by atoms with van der Waals surface area (Å²) in [4.78, 5) is 33.8. The highest BCUT2D eigenvalue weighted by Crippen LogP contribution is 2.39. The molecule has 0 radical (unpaired) electrons. The lowest BCUT2D eigenvalue weighted by atomic mass is 9.94. The number of aromatic nitrogens is 1. The van der Waals surface area contributed by atoms with Gasteiger partial charge in [0.25, 0.3) is 0 Å². The van der Waals surface area contributed by atoms with E-state index in [0.717, 1.165) is 29.1 Å². The van der Waals surface area contributed by atoms with Crippen LogP contribution in [-0.2, 0) is 4.79 Å². The number of benzene rings is 1. The van der Waals surface area contributed by atoms with E-state index in [1.807, 2.05) is 52.2 Å². The number of carbonyl (C=O) groups is 2. The van der Waals surface area contributed by atoms with Crippen LogP contribution in [0.2, 0.25) is 0 Å². The lowest BCUT2D eigenvalue weighted by Crippen LogP contribution is -3.05. The molecule has 0 saturated carbocycles. The molecule has 2 aromatic rings. The Morgan fingerprint density at radius 1 is 1.21 bits per heavy atom. The maximum Gasteiger partial charge on any atom is 0.239 e. The van der Waals surface area contributed by atoms with Crippen LogP contribution in [0.25, 0.3) is 0 Å². The minimum Gasteiger partial charge on any atom is -0.868 e. The van der Waals surface area contributed by atoms with Crippen molar-refractivity contribution in [2.24, 2.45) is 0 Å². The Bertz CT molecular complexity index is 960. The number of quaternary nitrogens is 1. The van der Waals surface area contributed by atoms with Gasteiger partial charge >= 0.3 is 0 Å². The molecule has 3 rings (SSSR count). The van der Waals surface area contributed by atoms with Crippen molar-refractivity contribution >= 4 is 23.0 Å².